The Kier molecular flexibility index (Phi) is 4.97. The van der Waals surface area contributed by atoms with E-state index < -0.39 is 29.1 Å². The standard InChI is InChI=1S/C19H16ClF2N3O2/c1-19(2)24-17(11-3-5-12(21)6-4-11)18(27)25(19)10-16(26)23-13-7-8-15(22)14(20)9-13/h3-9H,10H2,1-2H3,(H,23,26). The number of amides is 2. The molecule has 1 aliphatic rings. The molecule has 1 aliphatic heterocycles. The summed E-state index contributed by atoms with van der Waals surface area (Å²) in [6.07, 6.45) is 0. The van der Waals surface area contributed by atoms with Crippen molar-refractivity contribution in [3.63, 3.8) is 0 Å². The van der Waals surface area contributed by atoms with E-state index in [0.717, 1.165) is 6.07 Å². The molecule has 0 saturated heterocycles. The number of hydrogen-bond donors (Lipinski definition) is 1. The van der Waals surface area contributed by atoms with Crippen molar-refractivity contribution in [1.29, 1.82) is 0 Å². The molecule has 0 saturated carbocycles. The van der Waals surface area contributed by atoms with E-state index in [2.05, 4.69) is 10.3 Å². The van der Waals surface area contributed by atoms with Gasteiger partial charge in [-0.25, -0.2) is 8.78 Å². The molecule has 0 aromatic heterocycles. The van der Waals surface area contributed by atoms with Gasteiger partial charge in [-0.2, -0.15) is 0 Å². The maximum atomic E-state index is 13.2. The van der Waals surface area contributed by atoms with Gasteiger partial charge < -0.3 is 10.2 Å². The SMILES string of the molecule is CC1(C)N=C(c2ccc(F)cc2)C(=O)N1CC(=O)Nc1ccc(F)c(Cl)c1. The third-order valence-corrected chi connectivity index (χ3v) is 4.41. The fraction of sp³-hybridized carbons (Fsp3) is 0.211. The number of nitrogens with zero attached hydrogens (tertiary/aromatic N) is 2. The molecule has 0 bridgehead atoms. The van der Waals surface area contributed by atoms with E-state index in [9.17, 15) is 18.4 Å². The van der Waals surface area contributed by atoms with Crippen LogP contribution < -0.4 is 5.32 Å². The monoisotopic (exact) mass is 391 g/mol. The van der Waals surface area contributed by atoms with Crippen LogP contribution in [0.1, 0.15) is 19.4 Å². The minimum absolute atomic E-state index is 0.118. The fourth-order valence-corrected chi connectivity index (χ4v) is 2.92. The Morgan fingerprint density at radius 3 is 2.48 bits per heavy atom. The van der Waals surface area contributed by atoms with E-state index in [0.29, 0.717) is 11.3 Å². The van der Waals surface area contributed by atoms with Gasteiger partial charge in [0.05, 0.1) is 5.02 Å². The highest BCUT2D eigenvalue weighted by molar-refractivity contribution is 6.47. The Morgan fingerprint density at radius 2 is 1.85 bits per heavy atom. The summed E-state index contributed by atoms with van der Waals surface area (Å²) < 4.78 is 26.3. The van der Waals surface area contributed by atoms with Crippen LogP contribution in [0.25, 0.3) is 0 Å². The fourth-order valence-electron chi connectivity index (χ4n) is 2.74. The zero-order valence-corrected chi connectivity index (χ0v) is 15.3. The molecule has 0 aliphatic carbocycles. The molecule has 0 atom stereocenters. The number of benzene rings is 2. The molecular weight excluding hydrogens is 376 g/mol. The van der Waals surface area contributed by atoms with Crippen molar-refractivity contribution in [2.24, 2.45) is 4.99 Å². The van der Waals surface area contributed by atoms with Crippen LogP contribution in [0.15, 0.2) is 47.5 Å². The summed E-state index contributed by atoms with van der Waals surface area (Å²) in [5.74, 6) is -1.92. The summed E-state index contributed by atoms with van der Waals surface area (Å²) in [7, 11) is 0. The molecule has 140 valence electrons. The average molecular weight is 392 g/mol. The van der Waals surface area contributed by atoms with Gasteiger partial charge in [-0.05, 0) is 56.3 Å². The van der Waals surface area contributed by atoms with Crippen LogP contribution in [0.4, 0.5) is 14.5 Å². The Morgan fingerprint density at radius 1 is 1.19 bits per heavy atom. The minimum atomic E-state index is -0.946. The predicted molar refractivity (Wildman–Crippen MR) is 98.8 cm³/mol. The van der Waals surface area contributed by atoms with Gasteiger partial charge in [0.25, 0.3) is 5.91 Å². The van der Waals surface area contributed by atoms with E-state index in [1.165, 1.54) is 41.3 Å². The lowest BCUT2D eigenvalue weighted by atomic mass is 10.1. The van der Waals surface area contributed by atoms with E-state index in [-0.39, 0.29) is 17.3 Å². The molecule has 2 aromatic carbocycles. The highest BCUT2D eigenvalue weighted by atomic mass is 35.5. The summed E-state index contributed by atoms with van der Waals surface area (Å²) in [5, 5.41) is 2.45. The quantitative estimate of drug-likeness (QED) is 0.865. The molecule has 1 N–H and O–H groups in total. The lowest BCUT2D eigenvalue weighted by Gasteiger charge is -2.28. The minimum Gasteiger partial charge on any atom is -0.324 e. The summed E-state index contributed by atoms with van der Waals surface area (Å²) in [5.41, 5.74) is 0.00865. The van der Waals surface area contributed by atoms with E-state index in [4.69, 9.17) is 11.6 Å². The highest BCUT2D eigenvalue weighted by Crippen LogP contribution is 2.26. The third-order valence-electron chi connectivity index (χ3n) is 4.12. The number of anilines is 1. The lowest BCUT2D eigenvalue weighted by molar-refractivity contribution is -0.131. The van der Waals surface area contributed by atoms with Crippen LogP contribution in [-0.2, 0) is 9.59 Å². The van der Waals surface area contributed by atoms with Gasteiger partial charge in [-0.1, -0.05) is 11.6 Å². The van der Waals surface area contributed by atoms with Crippen molar-refractivity contribution in [2.75, 3.05) is 11.9 Å². The van der Waals surface area contributed by atoms with Crippen LogP contribution in [0.5, 0.6) is 0 Å². The molecule has 3 rings (SSSR count). The molecular formula is C19H16ClF2N3O2. The first-order valence-corrected chi connectivity index (χ1v) is 8.48. The van der Waals surface area contributed by atoms with Crippen LogP contribution in [0.3, 0.4) is 0 Å². The second kappa shape index (κ2) is 7.08. The number of halogens is 3. The summed E-state index contributed by atoms with van der Waals surface area (Å²) in [6.45, 7) is 3.14. The maximum Gasteiger partial charge on any atom is 0.275 e. The van der Waals surface area contributed by atoms with E-state index in [1.807, 2.05) is 0 Å². The normalized spacial score (nSPS) is 15.7. The molecule has 1 heterocycles. The van der Waals surface area contributed by atoms with Crippen molar-refractivity contribution in [2.45, 2.75) is 19.5 Å². The van der Waals surface area contributed by atoms with Crippen LogP contribution in [-0.4, -0.2) is 34.6 Å². The molecule has 0 fully saturated rings. The molecule has 2 amide bonds. The van der Waals surface area contributed by atoms with Crippen molar-refractivity contribution >= 4 is 34.8 Å². The Labute approximate surface area is 159 Å². The average Bonchev–Trinajstić information content (AvgIpc) is 2.82. The molecule has 5 nitrogen and oxygen atoms in total. The van der Waals surface area contributed by atoms with Gasteiger partial charge in [0.2, 0.25) is 5.91 Å². The predicted octanol–water partition coefficient (Wildman–Crippen LogP) is 3.62. The van der Waals surface area contributed by atoms with Crippen molar-refractivity contribution in [3.8, 4) is 0 Å². The number of rotatable bonds is 4. The third kappa shape index (κ3) is 3.98. The van der Waals surface area contributed by atoms with Gasteiger partial charge in [0.15, 0.2) is 0 Å². The van der Waals surface area contributed by atoms with Crippen molar-refractivity contribution in [3.05, 3.63) is 64.7 Å². The van der Waals surface area contributed by atoms with Crippen LogP contribution in [0, 0.1) is 11.6 Å². The Bertz CT molecular complexity index is 942. The van der Waals surface area contributed by atoms with Gasteiger partial charge in [-0.3, -0.25) is 14.6 Å². The molecule has 0 unspecified atom stereocenters. The van der Waals surface area contributed by atoms with Gasteiger partial charge in [0.1, 0.15) is 29.6 Å². The molecule has 0 radical (unpaired) electrons. The van der Waals surface area contributed by atoms with Gasteiger partial charge in [0, 0.05) is 11.3 Å². The summed E-state index contributed by atoms with van der Waals surface area (Å²) >= 11 is 5.70. The summed E-state index contributed by atoms with van der Waals surface area (Å²) in [4.78, 5) is 30.8. The smallest absolute Gasteiger partial charge is 0.275 e. The van der Waals surface area contributed by atoms with Crippen LogP contribution >= 0.6 is 11.6 Å². The second-order valence-corrected chi connectivity index (χ2v) is 6.94. The summed E-state index contributed by atoms with van der Waals surface area (Å²) in [6, 6.07) is 9.21. The van der Waals surface area contributed by atoms with Crippen LogP contribution in [0.2, 0.25) is 5.02 Å². The zero-order valence-electron chi connectivity index (χ0n) is 14.6. The number of nitrogens with one attached hydrogen (secondary N) is 1. The molecule has 27 heavy (non-hydrogen) atoms. The largest absolute Gasteiger partial charge is 0.324 e. The van der Waals surface area contributed by atoms with E-state index in [1.54, 1.807) is 13.8 Å². The first-order chi connectivity index (χ1) is 12.7. The number of aliphatic imine (C=N–C) groups is 1. The molecule has 8 heteroatoms. The first-order valence-electron chi connectivity index (χ1n) is 8.10. The molecule has 0 spiro atoms. The van der Waals surface area contributed by atoms with Crippen molar-refractivity contribution in [1.82, 2.24) is 4.90 Å². The Balaban J connectivity index is 1.75. The first kappa shape index (κ1) is 19.0. The van der Waals surface area contributed by atoms with Crippen molar-refractivity contribution < 1.29 is 18.4 Å². The van der Waals surface area contributed by atoms with E-state index >= 15 is 0 Å². The number of carbonyl (C=O) groups excluding carboxylic acids is 2. The molecule has 2 aromatic rings. The highest BCUT2D eigenvalue weighted by Gasteiger charge is 2.41. The number of carbonyl (C=O) groups is 2. The number of hydrogen-bond acceptors (Lipinski definition) is 3. The van der Waals surface area contributed by atoms with Gasteiger partial charge >= 0.3 is 0 Å². The lowest BCUT2D eigenvalue weighted by Crippen LogP contribution is -2.46. The zero-order chi connectivity index (χ0) is 19.8. The topological polar surface area (TPSA) is 61.8 Å². The second-order valence-electron chi connectivity index (χ2n) is 6.53. The van der Waals surface area contributed by atoms with Gasteiger partial charge in [-0.15, -0.1) is 0 Å². The Hall–Kier alpha value is -2.80. The maximum absolute atomic E-state index is 13.2.